The quantitative estimate of drug-likeness (QED) is 0.499. The maximum atomic E-state index is 13.3. The number of benzene rings is 1. The number of nitrogens with two attached hydrogens (primary N) is 1. The fourth-order valence-corrected chi connectivity index (χ4v) is 3.68. The van der Waals surface area contributed by atoms with Gasteiger partial charge >= 0.3 is 0 Å². The summed E-state index contributed by atoms with van der Waals surface area (Å²) in [6.45, 7) is 1.60. The predicted octanol–water partition coefficient (Wildman–Crippen LogP) is 2.34. The Balaban J connectivity index is 1.63. The Bertz CT molecular complexity index is 1400. The normalized spacial score (nSPS) is 17.4. The van der Waals surface area contributed by atoms with Gasteiger partial charge in [-0.2, -0.15) is 0 Å². The van der Waals surface area contributed by atoms with E-state index in [9.17, 15) is 9.18 Å². The highest BCUT2D eigenvalue weighted by atomic mass is 19.1. The molecule has 3 aromatic heterocycles. The first-order valence-electron chi connectivity index (χ1n) is 9.43. The van der Waals surface area contributed by atoms with Gasteiger partial charge in [-0.25, -0.2) is 24.3 Å². The summed E-state index contributed by atoms with van der Waals surface area (Å²) >= 11 is 0. The number of fused-ring (bicyclic) bond motifs is 2. The number of amides is 1. The second-order valence-electron chi connectivity index (χ2n) is 7.41. The molecule has 4 aromatic rings. The van der Waals surface area contributed by atoms with E-state index in [0.29, 0.717) is 29.0 Å². The highest BCUT2D eigenvalue weighted by Gasteiger charge is 2.45. The summed E-state index contributed by atoms with van der Waals surface area (Å²) in [6.07, 6.45) is 11.2. The van der Waals surface area contributed by atoms with Crippen LogP contribution in [-0.2, 0) is 16.6 Å². The van der Waals surface area contributed by atoms with Crippen LogP contribution < -0.4 is 11.1 Å². The van der Waals surface area contributed by atoms with Crippen molar-refractivity contribution in [2.24, 2.45) is 0 Å². The van der Waals surface area contributed by atoms with Crippen molar-refractivity contribution in [1.82, 2.24) is 24.3 Å². The Labute approximate surface area is 176 Å². The number of hydrogen-bond acceptors (Lipinski definition) is 6. The second kappa shape index (κ2) is 6.60. The zero-order valence-corrected chi connectivity index (χ0v) is 16.4. The smallest absolute Gasteiger partial charge is 0.248 e. The molecule has 0 spiro atoms. The van der Waals surface area contributed by atoms with Crippen LogP contribution in [0.25, 0.3) is 17.2 Å². The molecule has 1 aromatic carbocycles. The highest BCUT2D eigenvalue weighted by molar-refractivity contribution is 6.09. The lowest BCUT2D eigenvalue weighted by atomic mass is 9.86. The summed E-state index contributed by atoms with van der Waals surface area (Å²) < 4.78 is 15.1. The van der Waals surface area contributed by atoms with Gasteiger partial charge in [0, 0.05) is 25.0 Å². The number of terminal acetylenes is 1. The largest absolute Gasteiger partial charge is 0.383 e. The number of hydrogen-bond donors (Lipinski definition) is 2. The summed E-state index contributed by atoms with van der Waals surface area (Å²) in [5.41, 5.74) is 7.98. The molecule has 5 rings (SSSR count). The first-order valence-corrected chi connectivity index (χ1v) is 9.43. The monoisotopic (exact) mass is 413 g/mol. The number of carbonyl (C=O) groups excluding carboxylic acids is 1. The van der Waals surface area contributed by atoms with E-state index < -0.39 is 5.41 Å². The summed E-state index contributed by atoms with van der Waals surface area (Å²) in [4.78, 5) is 30.3. The molecule has 1 aliphatic rings. The summed E-state index contributed by atoms with van der Waals surface area (Å²) in [6, 6.07) is 6.20. The van der Waals surface area contributed by atoms with Crippen molar-refractivity contribution in [3.8, 4) is 23.9 Å². The van der Waals surface area contributed by atoms with Crippen molar-refractivity contribution in [3.63, 3.8) is 0 Å². The molecule has 3 N–H and O–H groups in total. The van der Waals surface area contributed by atoms with E-state index in [-0.39, 0.29) is 29.2 Å². The van der Waals surface area contributed by atoms with Crippen molar-refractivity contribution in [2.45, 2.75) is 18.8 Å². The van der Waals surface area contributed by atoms with Crippen LogP contribution in [0.2, 0.25) is 0 Å². The molecule has 1 unspecified atom stereocenters. The fraction of sp³-hybridized carbons (Fsp3) is 0.136. The first kappa shape index (κ1) is 18.7. The zero-order chi connectivity index (χ0) is 21.8. The van der Waals surface area contributed by atoms with Crippen LogP contribution >= 0.6 is 0 Å². The lowest BCUT2D eigenvalue weighted by Crippen LogP contribution is -2.29. The molecule has 0 fully saturated rings. The van der Waals surface area contributed by atoms with Gasteiger partial charge in [0.1, 0.15) is 28.6 Å². The van der Waals surface area contributed by atoms with Crippen LogP contribution in [0.3, 0.4) is 0 Å². The average Bonchev–Trinajstić information content (AvgIpc) is 3.32. The van der Waals surface area contributed by atoms with E-state index in [1.807, 2.05) is 0 Å². The Morgan fingerprint density at radius 3 is 2.77 bits per heavy atom. The summed E-state index contributed by atoms with van der Waals surface area (Å²) in [7, 11) is 0. The molecule has 4 heterocycles. The van der Waals surface area contributed by atoms with Gasteiger partial charge in [-0.1, -0.05) is 18.1 Å². The standard InChI is InChI=1S/C22H16FN7O/c1-3-22(2)16-17(24)27-18(28-19(16)29-21(22)31)15-11-30-9-8-25-20(30)14(26-15)10-12-4-6-13(23)7-5-12/h1,4-9,11H,10H2,2H3,(H3,24,27,28,29,31). The topological polar surface area (TPSA) is 111 Å². The minimum Gasteiger partial charge on any atom is -0.383 e. The van der Waals surface area contributed by atoms with Gasteiger partial charge in [-0.15, -0.1) is 6.42 Å². The third kappa shape index (κ3) is 2.88. The lowest BCUT2D eigenvalue weighted by molar-refractivity contribution is -0.118. The number of nitrogen functional groups attached to an aromatic ring is 1. The van der Waals surface area contributed by atoms with E-state index in [1.54, 1.807) is 42.0 Å². The van der Waals surface area contributed by atoms with Crippen LogP contribution in [0.5, 0.6) is 0 Å². The number of imidazole rings is 1. The van der Waals surface area contributed by atoms with Crippen LogP contribution in [-0.4, -0.2) is 30.2 Å². The van der Waals surface area contributed by atoms with Crippen LogP contribution in [0, 0.1) is 18.2 Å². The Hall–Kier alpha value is -4.32. The van der Waals surface area contributed by atoms with Crippen molar-refractivity contribution >= 4 is 23.2 Å². The minimum atomic E-state index is -1.23. The van der Waals surface area contributed by atoms with E-state index in [0.717, 1.165) is 5.56 Å². The van der Waals surface area contributed by atoms with Crippen LogP contribution in [0.4, 0.5) is 16.0 Å². The number of anilines is 2. The third-order valence-corrected chi connectivity index (χ3v) is 5.37. The Morgan fingerprint density at radius 2 is 2.03 bits per heavy atom. The van der Waals surface area contributed by atoms with Gasteiger partial charge in [-0.3, -0.25) is 4.79 Å². The van der Waals surface area contributed by atoms with Crippen LogP contribution in [0.15, 0.2) is 42.9 Å². The van der Waals surface area contributed by atoms with Crippen molar-refractivity contribution in [2.75, 3.05) is 11.1 Å². The van der Waals surface area contributed by atoms with E-state index in [1.165, 1.54) is 12.1 Å². The summed E-state index contributed by atoms with van der Waals surface area (Å²) in [5, 5.41) is 2.69. The highest BCUT2D eigenvalue weighted by Crippen LogP contribution is 2.40. The third-order valence-electron chi connectivity index (χ3n) is 5.37. The number of rotatable bonds is 3. The molecule has 152 valence electrons. The molecule has 9 heteroatoms. The lowest BCUT2D eigenvalue weighted by Gasteiger charge is -2.15. The zero-order valence-electron chi connectivity index (χ0n) is 16.4. The molecule has 1 aliphatic heterocycles. The molecule has 0 saturated carbocycles. The number of nitrogens with zero attached hydrogens (tertiary/aromatic N) is 5. The van der Waals surface area contributed by atoms with Gasteiger partial charge in [-0.05, 0) is 24.6 Å². The molecular weight excluding hydrogens is 397 g/mol. The average molecular weight is 413 g/mol. The molecule has 0 radical (unpaired) electrons. The van der Waals surface area contributed by atoms with Gasteiger partial charge in [0.25, 0.3) is 0 Å². The maximum absolute atomic E-state index is 13.3. The number of carbonyl (C=O) groups is 1. The van der Waals surface area contributed by atoms with Gasteiger partial charge < -0.3 is 15.5 Å². The molecular formula is C22H16FN7O. The molecule has 1 atom stereocenters. The molecule has 1 amide bonds. The minimum absolute atomic E-state index is 0.117. The fourth-order valence-electron chi connectivity index (χ4n) is 3.68. The number of nitrogens with one attached hydrogen (secondary N) is 1. The first-order chi connectivity index (χ1) is 14.9. The Kier molecular flexibility index (Phi) is 3.98. The van der Waals surface area contributed by atoms with Crippen LogP contribution in [0.1, 0.15) is 23.7 Å². The van der Waals surface area contributed by atoms with E-state index >= 15 is 0 Å². The van der Waals surface area contributed by atoms with E-state index in [4.69, 9.17) is 17.1 Å². The van der Waals surface area contributed by atoms with Crippen molar-refractivity contribution < 1.29 is 9.18 Å². The molecule has 0 bridgehead atoms. The summed E-state index contributed by atoms with van der Waals surface area (Å²) in [5.74, 6) is 2.44. The molecule has 0 saturated heterocycles. The van der Waals surface area contributed by atoms with Gasteiger partial charge in [0.05, 0.1) is 11.3 Å². The van der Waals surface area contributed by atoms with Gasteiger partial charge in [0.15, 0.2) is 11.5 Å². The number of aromatic nitrogens is 5. The molecule has 0 aliphatic carbocycles. The Morgan fingerprint density at radius 1 is 1.26 bits per heavy atom. The maximum Gasteiger partial charge on any atom is 0.248 e. The molecule has 8 nitrogen and oxygen atoms in total. The van der Waals surface area contributed by atoms with Crippen molar-refractivity contribution in [1.29, 1.82) is 0 Å². The predicted molar refractivity (Wildman–Crippen MR) is 112 cm³/mol. The second-order valence-corrected chi connectivity index (χ2v) is 7.41. The van der Waals surface area contributed by atoms with Crippen molar-refractivity contribution in [3.05, 3.63) is 65.5 Å². The van der Waals surface area contributed by atoms with E-state index in [2.05, 4.69) is 26.2 Å². The molecule has 31 heavy (non-hydrogen) atoms. The SMILES string of the molecule is C#CC1(C)C(=O)Nc2nc(-c3cn4ccnc4c(Cc4ccc(F)cc4)n3)nc(N)c21. The number of halogens is 1. The van der Waals surface area contributed by atoms with Gasteiger partial charge in [0.2, 0.25) is 5.91 Å².